The fourth-order valence-electron chi connectivity index (χ4n) is 2.01. The monoisotopic (exact) mass is 391 g/mol. The summed E-state index contributed by atoms with van der Waals surface area (Å²) in [5.74, 6) is 0.510. The van der Waals surface area contributed by atoms with Crippen molar-refractivity contribution in [2.24, 2.45) is 0 Å². The summed E-state index contributed by atoms with van der Waals surface area (Å²) in [5, 5.41) is 9.49. The van der Waals surface area contributed by atoms with Crippen LogP contribution in [0.1, 0.15) is 5.82 Å². The minimum absolute atomic E-state index is 0.102. The lowest BCUT2D eigenvalue weighted by Gasteiger charge is -2.09. The number of esters is 1. The van der Waals surface area contributed by atoms with Gasteiger partial charge in [0.1, 0.15) is 11.6 Å². The molecule has 0 saturated carbocycles. The average molecular weight is 391 g/mol. The molecule has 0 spiro atoms. The number of carbonyl (C=O) groups is 1. The number of nitrogens with zero attached hydrogens (tertiary/aromatic N) is 5. The Balaban J connectivity index is 1.86. The van der Waals surface area contributed by atoms with Gasteiger partial charge < -0.3 is 4.74 Å². The van der Waals surface area contributed by atoms with Crippen molar-refractivity contribution in [1.82, 2.24) is 24.7 Å². The van der Waals surface area contributed by atoms with Crippen LogP contribution in [0.25, 0.3) is 5.69 Å². The maximum Gasteiger partial charge on any atom is 0.316 e. The second-order valence-corrected chi connectivity index (χ2v) is 6.78. The molecule has 0 aliphatic heterocycles. The van der Waals surface area contributed by atoms with E-state index in [0.717, 1.165) is 0 Å². The van der Waals surface area contributed by atoms with E-state index in [1.54, 1.807) is 35.2 Å². The number of hydrogen-bond donors (Lipinski definition) is 0. The fraction of sp³-hybridized carbons (Fsp3) is 0.188. The lowest BCUT2D eigenvalue weighted by Crippen LogP contribution is -2.06. The van der Waals surface area contributed by atoms with Crippen molar-refractivity contribution in [1.29, 1.82) is 0 Å². The first kappa shape index (κ1) is 18.3. The van der Waals surface area contributed by atoms with Gasteiger partial charge in [0, 0.05) is 18.1 Å². The van der Waals surface area contributed by atoms with Gasteiger partial charge in [-0.3, -0.25) is 9.36 Å². The van der Waals surface area contributed by atoms with Crippen LogP contribution in [0.15, 0.2) is 53.0 Å². The Kier molecular flexibility index (Phi) is 6.18. The van der Waals surface area contributed by atoms with Crippen molar-refractivity contribution in [3.05, 3.63) is 54.4 Å². The van der Waals surface area contributed by atoms with Crippen molar-refractivity contribution in [2.75, 3.05) is 12.9 Å². The SMILES string of the molecule is COC(=O)CSc1nnc(CSc2ncccn2)n1-c1ccc(F)cc1. The molecule has 10 heteroatoms. The van der Waals surface area contributed by atoms with Crippen LogP contribution in [0.2, 0.25) is 0 Å². The van der Waals surface area contributed by atoms with Crippen LogP contribution in [-0.2, 0) is 15.3 Å². The van der Waals surface area contributed by atoms with Gasteiger partial charge in [-0.1, -0.05) is 23.5 Å². The summed E-state index contributed by atoms with van der Waals surface area (Å²) in [6, 6.07) is 7.73. The minimum atomic E-state index is -0.364. The summed E-state index contributed by atoms with van der Waals surface area (Å²) in [5.41, 5.74) is 0.702. The van der Waals surface area contributed by atoms with Gasteiger partial charge in [-0.2, -0.15) is 0 Å². The van der Waals surface area contributed by atoms with Crippen LogP contribution in [0, 0.1) is 5.82 Å². The van der Waals surface area contributed by atoms with Crippen LogP contribution in [0.4, 0.5) is 4.39 Å². The number of rotatable bonds is 7. The predicted octanol–water partition coefficient (Wildman–Crippen LogP) is 2.75. The zero-order valence-corrected chi connectivity index (χ0v) is 15.3. The molecule has 26 heavy (non-hydrogen) atoms. The molecular weight excluding hydrogens is 377 g/mol. The van der Waals surface area contributed by atoms with E-state index < -0.39 is 0 Å². The highest BCUT2D eigenvalue weighted by molar-refractivity contribution is 7.99. The summed E-state index contributed by atoms with van der Waals surface area (Å²) in [6.07, 6.45) is 3.33. The van der Waals surface area contributed by atoms with Crippen molar-refractivity contribution < 1.29 is 13.9 Å². The van der Waals surface area contributed by atoms with Crippen LogP contribution in [0.5, 0.6) is 0 Å². The molecule has 0 atom stereocenters. The largest absolute Gasteiger partial charge is 0.468 e. The zero-order chi connectivity index (χ0) is 18.4. The summed E-state index contributed by atoms with van der Waals surface area (Å²) in [6.45, 7) is 0. The Bertz CT molecular complexity index is 874. The minimum Gasteiger partial charge on any atom is -0.468 e. The predicted molar refractivity (Wildman–Crippen MR) is 95.7 cm³/mol. The van der Waals surface area contributed by atoms with Crippen molar-refractivity contribution >= 4 is 29.5 Å². The standard InChI is InChI=1S/C16H14FN5O2S2/c1-24-14(23)10-26-16-21-20-13(9-25-15-18-7-2-8-19-15)22(16)12-5-3-11(17)4-6-12/h2-8H,9-10H2,1H3. The summed E-state index contributed by atoms with van der Waals surface area (Å²) < 4.78 is 19.7. The number of benzene rings is 1. The van der Waals surface area contributed by atoms with E-state index in [-0.39, 0.29) is 17.5 Å². The van der Waals surface area contributed by atoms with Gasteiger partial charge in [0.15, 0.2) is 10.3 Å². The highest BCUT2D eigenvalue weighted by Gasteiger charge is 2.16. The molecular formula is C16H14FN5O2S2. The Morgan fingerprint density at radius 1 is 1.15 bits per heavy atom. The van der Waals surface area contributed by atoms with E-state index in [9.17, 15) is 9.18 Å². The first-order valence-corrected chi connectivity index (χ1v) is 9.44. The summed E-state index contributed by atoms with van der Waals surface area (Å²) >= 11 is 2.61. The lowest BCUT2D eigenvalue weighted by atomic mass is 10.3. The molecule has 0 fully saturated rings. The quantitative estimate of drug-likeness (QED) is 0.345. The molecule has 2 aromatic heterocycles. The Labute approximate surface area is 157 Å². The number of hydrogen-bond acceptors (Lipinski definition) is 8. The molecule has 2 heterocycles. The van der Waals surface area contributed by atoms with Crippen LogP contribution in [-0.4, -0.2) is 43.6 Å². The third kappa shape index (κ3) is 4.58. The molecule has 134 valence electrons. The van der Waals surface area contributed by atoms with Crippen molar-refractivity contribution in [3.8, 4) is 5.69 Å². The molecule has 7 nitrogen and oxygen atoms in total. The molecule has 0 N–H and O–H groups in total. The number of aromatic nitrogens is 5. The maximum absolute atomic E-state index is 13.3. The molecule has 3 rings (SSSR count). The van der Waals surface area contributed by atoms with E-state index in [2.05, 4.69) is 24.9 Å². The molecule has 0 saturated heterocycles. The Morgan fingerprint density at radius 2 is 1.88 bits per heavy atom. The highest BCUT2D eigenvalue weighted by Crippen LogP contribution is 2.26. The van der Waals surface area contributed by atoms with Crippen LogP contribution in [0.3, 0.4) is 0 Å². The maximum atomic E-state index is 13.3. The van der Waals surface area contributed by atoms with Crippen molar-refractivity contribution in [2.45, 2.75) is 16.1 Å². The first-order valence-electron chi connectivity index (χ1n) is 7.47. The average Bonchev–Trinajstić information content (AvgIpc) is 3.08. The number of halogens is 1. The third-order valence-electron chi connectivity index (χ3n) is 3.20. The van der Waals surface area contributed by atoms with Gasteiger partial charge >= 0.3 is 5.97 Å². The molecule has 1 aromatic carbocycles. The number of methoxy groups -OCH3 is 1. The van der Waals surface area contributed by atoms with E-state index in [1.165, 1.54) is 42.8 Å². The highest BCUT2D eigenvalue weighted by atomic mass is 32.2. The first-order chi connectivity index (χ1) is 12.7. The van der Waals surface area contributed by atoms with Crippen LogP contribution >= 0.6 is 23.5 Å². The number of thioether (sulfide) groups is 2. The van der Waals surface area contributed by atoms with Gasteiger partial charge in [-0.15, -0.1) is 10.2 Å². The molecule has 0 radical (unpaired) electrons. The molecule has 3 aromatic rings. The topological polar surface area (TPSA) is 82.8 Å². The van der Waals surface area contributed by atoms with E-state index in [0.29, 0.717) is 27.6 Å². The van der Waals surface area contributed by atoms with Gasteiger partial charge in [0.25, 0.3) is 0 Å². The van der Waals surface area contributed by atoms with Gasteiger partial charge in [-0.25, -0.2) is 14.4 Å². The second-order valence-electron chi connectivity index (χ2n) is 4.90. The smallest absolute Gasteiger partial charge is 0.316 e. The summed E-state index contributed by atoms with van der Waals surface area (Å²) in [7, 11) is 1.33. The van der Waals surface area contributed by atoms with E-state index >= 15 is 0 Å². The molecule has 0 unspecified atom stereocenters. The Hall–Kier alpha value is -2.46. The molecule has 0 aliphatic carbocycles. The summed E-state index contributed by atoms with van der Waals surface area (Å²) in [4.78, 5) is 19.8. The van der Waals surface area contributed by atoms with Gasteiger partial charge in [-0.05, 0) is 30.3 Å². The zero-order valence-electron chi connectivity index (χ0n) is 13.7. The third-order valence-corrected chi connectivity index (χ3v) is 4.98. The van der Waals surface area contributed by atoms with Gasteiger partial charge in [0.2, 0.25) is 0 Å². The normalized spacial score (nSPS) is 10.7. The van der Waals surface area contributed by atoms with E-state index in [4.69, 9.17) is 0 Å². The molecule has 0 aliphatic rings. The lowest BCUT2D eigenvalue weighted by molar-refractivity contribution is -0.137. The number of carbonyl (C=O) groups excluding carboxylic acids is 1. The van der Waals surface area contributed by atoms with Crippen LogP contribution < -0.4 is 0 Å². The second kappa shape index (κ2) is 8.77. The van der Waals surface area contributed by atoms with E-state index in [1.807, 2.05) is 0 Å². The number of ether oxygens (including phenoxy) is 1. The molecule has 0 amide bonds. The van der Waals surface area contributed by atoms with Crippen molar-refractivity contribution in [3.63, 3.8) is 0 Å². The molecule has 0 bridgehead atoms. The fourth-order valence-corrected chi connectivity index (χ4v) is 3.53. The Morgan fingerprint density at radius 3 is 2.58 bits per heavy atom. The van der Waals surface area contributed by atoms with Gasteiger partial charge in [0.05, 0.1) is 18.6 Å².